The summed E-state index contributed by atoms with van der Waals surface area (Å²) < 4.78 is 5.27. The van der Waals surface area contributed by atoms with E-state index in [2.05, 4.69) is 5.32 Å². The zero-order valence-electron chi connectivity index (χ0n) is 7.77. The highest BCUT2D eigenvalue weighted by Crippen LogP contribution is 2.40. The summed E-state index contributed by atoms with van der Waals surface area (Å²) in [6.07, 6.45) is 3.92. The molecule has 0 radical (unpaired) electrons. The molecule has 1 aliphatic rings. The minimum Gasteiger partial charge on any atom is -0.480 e. The van der Waals surface area contributed by atoms with Crippen LogP contribution >= 0.6 is 0 Å². The molecule has 1 fully saturated rings. The lowest BCUT2D eigenvalue weighted by molar-refractivity contribution is -0.136. The van der Waals surface area contributed by atoms with Gasteiger partial charge in [-0.15, -0.1) is 0 Å². The van der Waals surface area contributed by atoms with Crippen molar-refractivity contribution in [2.45, 2.75) is 18.9 Å². The van der Waals surface area contributed by atoms with Crippen molar-refractivity contribution in [1.82, 2.24) is 5.32 Å². The molecule has 2 rings (SSSR count). The molecule has 0 bridgehead atoms. The molecule has 0 amide bonds. The molecule has 1 saturated carbocycles. The van der Waals surface area contributed by atoms with Gasteiger partial charge in [0.15, 0.2) is 0 Å². The summed E-state index contributed by atoms with van der Waals surface area (Å²) in [6.45, 7) is -0.0120. The van der Waals surface area contributed by atoms with Gasteiger partial charge in [0.1, 0.15) is 5.76 Å². The Morgan fingerprint density at radius 3 is 3.00 bits per heavy atom. The average molecular weight is 195 g/mol. The molecule has 4 heteroatoms. The largest absolute Gasteiger partial charge is 0.480 e. The molecule has 0 spiro atoms. The molecule has 1 heterocycles. The highest BCUT2D eigenvalue weighted by atomic mass is 16.4. The second-order valence-corrected chi connectivity index (χ2v) is 3.61. The van der Waals surface area contributed by atoms with E-state index in [1.165, 1.54) is 0 Å². The summed E-state index contributed by atoms with van der Waals surface area (Å²) in [5, 5.41) is 11.6. The Morgan fingerprint density at radius 1 is 1.71 bits per heavy atom. The second-order valence-electron chi connectivity index (χ2n) is 3.61. The van der Waals surface area contributed by atoms with Crippen LogP contribution in [-0.2, 0) is 4.79 Å². The normalized spacial score (nSPS) is 18.0. The van der Waals surface area contributed by atoms with Gasteiger partial charge in [0, 0.05) is 0 Å². The minimum atomic E-state index is -0.831. The first-order valence-electron chi connectivity index (χ1n) is 4.76. The van der Waals surface area contributed by atoms with Crippen molar-refractivity contribution in [2.24, 2.45) is 5.92 Å². The first-order chi connectivity index (χ1) is 6.77. The van der Waals surface area contributed by atoms with Crippen LogP contribution in [0.2, 0.25) is 0 Å². The fourth-order valence-electron chi connectivity index (χ4n) is 1.59. The third kappa shape index (κ3) is 2.14. The summed E-state index contributed by atoms with van der Waals surface area (Å²) in [4.78, 5) is 10.4. The number of carboxylic acid groups (broad SMARTS) is 1. The van der Waals surface area contributed by atoms with E-state index in [4.69, 9.17) is 9.52 Å². The number of hydrogen-bond acceptors (Lipinski definition) is 3. The Bertz CT molecular complexity index is 303. The molecule has 2 N–H and O–H groups in total. The molecule has 0 aromatic carbocycles. The second kappa shape index (κ2) is 3.84. The molecule has 76 valence electrons. The Labute approximate surface area is 81.9 Å². The number of carbonyl (C=O) groups is 1. The van der Waals surface area contributed by atoms with Crippen LogP contribution in [0.3, 0.4) is 0 Å². The standard InChI is InChI=1S/C10H13NO3/c12-9(13)6-11-10(7-3-4-7)8-2-1-5-14-8/h1-2,5,7,10-11H,3-4,6H2,(H,12,13). The maximum Gasteiger partial charge on any atom is 0.317 e. The molecular weight excluding hydrogens is 182 g/mol. The van der Waals surface area contributed by atoms with Crippen LogP contribution in [0.1, 0.15) is 24.6 Å². The van der Waals surface area contributed by atoms with Gasteiger partial charge < -0.3 is 9.52 Å². The van der Waals surface area contributed by atoms with Gasteiger partial charge in [0.2, 0.25) is 0 Å². The molecule has 0 aliphatic heterocycles. The van der Waals surface area contributed by atoms with Crippen LogP contribution in [0.15, 0.2) is 22.8 Å². The van der Waals surface area contributed by atoms with Crippen molar-refractivity contribution >= 4 is 5.97 Å². The van der Waals surface area contributed by atoms with Crippen LogP contribution in [0.25, 0.3) is 0 Å². The first kappa shape index (κ1) is 9.27. The quantitative estimate of drug-likeness (QED) is 0.745. The molecule has 1 atom stereocenters. The number of nitrogens with one attached hydrogen (secondary N) is 1. The van der Waals surface area contributed by atoms with E-state index in [1.807, 2.05) is 12.1 Å². The molecule has 1 aromatic heterocycles. The Morgan fingerprint density at radius 2 is 2.50 bits per heavy atom. The van der Waals surface area contributed by atoms with Gasteiger partial charge >= 0.3 is 5.97 Å². The zero-order valence-corrected chi connectivity index (χ0v) is 7.77. The van der Waals surface area contributed by atoms with Gasteiger partial charge in [0.05, 0.1) is 18.8 Å². The number of carboxylic acids is 1. The lowest BCUT2D eigenvalue weighted by Crippen LogP contribution is -2.28. The van der Waals surface area contributed by atoms with E-state index in [0.717, 1.165) is 18.6 Å². The molecule has 4 nitrogen and oxygen atoms in total. The zero-order chi connectivity index (χ0) is 9.97. The van der Waals surface area contributed by atoms with Gasteiger partial charge in [-0.1, -0.05) is 0 Å². The highest BCUT2D eigenvalue weighted by molar-refractivity contribution is 5.69. The number of furan rings is 1. The van der Waals surface area contributed by atoms with Gasteiger partial charge in [-0.2, -0.15) is 0 Å². The third-order valence-corrected chi connectivity index (χ3v) is 2.42. The van der Waals surface area contributed by atoms with E-state index in [0.29, 0.717) is 5.92 Å². The topological polar surface area (TPSA) is 62.5 Å². The van der Waals surface area contributed by atoms with Crippen molar-refractivity contribution in [3.63, 3.8) is 0 Å². The summed E-state index contributed by atoms with van der Waals surface area (Å²) in [6, 6.07) is 3.78. The summed E-state index contributed by atoms with van der Waals surface area (Å²) in [5.41, 5.74) is 0. The lowest BCUT2D eigenvalue weighted by Gasteiger charge is -2.13. The smallest absolute Gasteiger partial charge is 0.317 e. The van der Waals surface area contributed by atoms with Crippen LogP contribution < -0.4 is 5.32 Å². The van der Waals surface area contributed by atoms with E-state index < -0.39 is 5.97 Å². The molecule has 1 aromatic rings. The van der Waals surface area contributed by atoms with Gasteiger partial charge in [-0.25, -0.2) is 0 Å². The van der Waals surface area contributed by atoms with Gasteiger partial charge in [-0.05, 0) is 30.9 Å². The molecule has 0 saturated heterocycles. The predicted octanol–water partition coefficient (Wildman–Crippen LogP) is 1.40. The lowest BCUT2D eigenvalue weighted by atomic mass is 10.1. The monoisotopic (exact) mass is 195 g/mol. The van der Waals surface area contributed by atoms with Gasteiger partial charge in [-0.3, -0.25) is 10.1 Å². The third-order valence-electron chi connectivity index (χ3n) is 2.42. The first-order valence-corrected chi connectivity index (χ1v) is 4.76. The van der Waals surface area contributed by atoms with Crippen molar-refractivity contribution < 1.29 is 14.3 Å². The maximum atomic E-state index is 10.4. The van der Waals surface area contributed by atoms with E-state index >= 15 is 0 Å². The van der Waals surface area contributed by atoms with Crippen molar-refractivity contribution in [3.05, 3.63) is 24.2 Å². The Hall–Kier alpha value is -1.29. The Balaban J connectivity index is 1.97. The van der Waals surface area contributed by atoms with Crippen molar-refractivity contribution in [1.29, 1.82) is 0 Å². The van der Waals surface area contributed by atoms with Crippen LogP contribution in [0.5, 0.6) is 0 Å². The molecule has 1 unspecified atom stereocenters. The van der Waals surface area contributed by atoms with E-state index in [-0.39, 0.29) is 12.6 Å². The molecule has 1 aliphatic carbocycles. The number of aliphatic carboxylic acids is 1. The van der Waals surface area contributed by atoms with Crippen LogP contribution in [0, 0.1) is 5.92 Å². The van der Waals surface area contributed by atoms with E-state index in [9.17, 15) is 4.79 Å². The van der Waals surface area contributed by atoms with Crippen LogP contribution in [0.4, 0.5) is 0 Å². The summed E-state index contributed by atoms with van der Waals surface area (Å²) >= 11 is 0. The molecule has 14 heavy (non-hydrogen) atoms. The average Bonchev–Trinajstić information content (AvgIpc) is 2.81. The fraction of sp³-hybridized carbons (Fsp3) is 0.500. The maximum absolute atomic E-state index is 10.4. The molecular formula is C10H13NO3. The SMILES string of the molecule is O=C(O)CNC(c1ccco1)C1CC1. The predicted molar refractivity (Wildman–Crippen MR) is 49.8 cm³/mol. The van der Waals surface area contributed by atoms with E-state index in [1.54, 1.807) is 6.26 Å². The van der Waals surface area contributed by atoms with Crippen LogP contribution in [-0.4, -0.2) is 17.6 Å². The fourth-order valence-corrected chi connectivity index (χ4v) is 1.59. The Kier molecular flexibility index (Phi) is 2.54. The number of hydrogen-bond donors (Lipinski definition) is 2. The number of rotatable bonds is 5. The summed E-state index contributed by atoms with van der Waals surface area (Å²) in [7, 11) is 0. The van der Waals surface area contributed by atoms with Gasteiger partial charge in [0.25, 0.3) is 0 Å². The summed E-state index contributed by atoms with van der Waals surface area (Å²) in [5.74, 6) is 0.552. The van der Waals surface area contributed by atoms with Crippen molar-refractivity contribution in [2.75, 3.05) is 6.54 Å². The highest BCUT2D eigenvalue weighted by Gasteiger charge is 2.33. The minimum absolute atomic E-state index is 0.0120. The van der Waals surface area contributed by atoms with Crippen molar-refractivity contribution in [3.8, 4) is 0 Å².